The van der Waals surface area contributed by atoms with Gasteiger partial charge in [-0.2, -0.15) is 0 Å². The van der Waals surface area contributed by atoms with Crippen molar-refractivity contribution in [3.8, 4) is 0 Å². The van der Waals surface area contributed by atoms with Crippen LogP contribution in [0.5, 0.6) is 0 Å². The molecule has 2 N–H and O–H groups in total. The van der Waals surface area contributed by atoms with Crippen LogP contribution in [-0.4, -0.2) is 23.6 Å². The van der Waals surface area contributed by atoms with Crippen molar-refractivity contribution in [2.24, 2.45) is 5.73 Å². The van der Waals surface area contributed by atoms with E-state index in [2.05, 4.69) is 43.0 Å². The monoisotopic (exact) mass is 255 g/mol. The second kappa shape index (κ2) is 4.49. The third-order valence-electron chi connectivity index (χ3n) is 3.76. The second-order valence-corrected chi connectivity index (χ2v) is 6.14. The molecule has 0 saturated carbocycles. The van der Waals surface area contributed by atoms with Gasteiger partial charge in [-0.15, -0.1) is 0 Å². The van der Waals surface area contributed by atoms with Crippen LogP contribution in [0.15, 0.2) is 30.3 Å². The second-order valence-electron chi connectivity index (χ2n) is 6.14. The molecule has 1 aromatic heterocycles. The molecule has 0 spiro atoms. The molecule has 0 atom stereocenters. The van der Waals surface area contributed by atoms with Gasteiger partial charge in [-0.05, 0) is 44.4 Å². The highest BCUT2D eigenvalue weighted by atomic mass is 15.2. The van der Waals surface area contributed by atoms with Crippen molar-refractivity contribution in [1.29, 1.82) is 0 Å². The molecule has 2 heterocycles. The molecule has 1 aromatic carbocycles. The van der Waals surface area contributed by atoms with E-state index in [-0.39, 0.29) is 5.54 Å². The Kier molecular flexibility index (Phi) is 2.94. The SMILES string of the molecule is CC(C)(N)CCN1CCc2cc3ccccc3nc21. The molecule has 2 aromatic rings. The molecule has 1 aliphatic rings. The Morgan fingerprint density at radius 1 is 1.32 bits per heavy atom. The Morgan fingerprint density at radius 2 is 2.11 bits per heavy atom. The predicted molar refractivity (Wildman–Crippen MR) is 80.5 cm³/mol. The summed E-state index contributed by atoms with van der Waals surface area (Å²) in [4.78, 5) is 7.19. The minimum atomic E-state index is -0.112. The van der Waals surface area contributed by atoms with Gasteiger partial charge >= 0.3 is 0 Å². The first-order chi connectivity index (χ1) is 9.03. The van der Waals surface area contributed by atoms with Crippen LogP contribution in [0.1, 0.15) is 25.8 Å². The van der Waals surface area contributed by atoms with Crippen LogP contribution in [0.25, 0.3) is 10.9 Å². The van der Waals surface area contributed by atoms with Crippen LogP contribution < -0.4 is 10.6 Å². The van der Waals surface area contributed by atoms with Gasteiger partial charge in [0.1, 0.15) is 5.82 Å². The molecule has 0 fully saturated rings. The zero-order valence-corrected chi connectivity index (χ0v) is 11.7. The zero-order chi connectivity index (χ0) is 13.5. The number of rotatable bonds is 3. The van der Waals surface area contributed by atoms with E-state index in [9.17, 15) is 0 Å². The van der Waals surface area contributed by atoms with E-state index in [4.69, 9.17) is 10.7 Å². The first-order valence-electron chi connectivity index (χ1n) is 6.95. The van der Waals surface area contributed by atoms with E-state index in [1.54, 1.807) is 0 Å². The number of para-hydroxylation sites is 1. The van der Waals surface area contributed by atoms with E-state index < -0.39 is 0 Å². The molecular weight excluding hydrogens is 234 g/mol. The normalized spacial score (nSPS) is 15.0. The zero-order valence-electron chi connectivity index (χ0n) is 11.7. The Bertz CT molecular complexity index is 598. The lowest BCUT2D eigenvalue weighted by Crippen LogP contribution is -2.37. The Balaban J connectivity index is 1.89. The van der Waals surface area contributed by atoms with Gasteiger partial charge < -0.3 is 10.6 Å². The van der Waals surface area contributed by atoms with E-state index in [1.807, 2.05) is 6.07 Å². The molecule has 0 bridgehead atoms. The lowest BCUT2D eigenvalue weighted by Gasteiger charge is -2.24. The highest BCUT2D eigenvalue weighted by Crippen LogP contribution is 2.29. The fourth-order valence-electron chi connectivity index (χ4n) is 2.61. The summed E-state index contributed by atoms with van der Waals surface area (Å²) in [5.74, 6) is 1.16. The largest absolute Gasteiger partial charge is 0.356 e. The summed E-state index contributed by atoms with van der Waals surface area (Å²) < 4.78 is 0. The summed E-state index contributed by atoms with van der Waals surface area (Å²) in [5.41, 5.74) is 8.42. The number of aromatic nitrogens is 1. The van der Waals surface area contributed by atoms with Crippen molar-refractivity contribution in [3.05, 3.63) is 35.9 Å². The first kappa shape index (κ1) is 12.4. The molecule has 19 heavy (non-hydrogen) atoms. The van der Waals surface area contributed by atoms with Crippen molar-refractivity contribution in [2.45, 2.75) is 32.2 Å². The third-order valence-corrected chi connectivity index (χ3v) is 3.76. The van der Waals surface area contributed by atoms with Gasteiger partial charge in [0.05, 0.1) is 5.52 Å². The van der Waals surface area contributed by atoms with Crippen LogP contribution in [0.2, 0.25) is 0 Å². The lowest BCUT2D eigenvalue weighted by atomic mass is 10.0. The van der Waals surface area contributed by atoms with Crippen LogP contribution in [0.3, 0.4) is 0 Å². The fourth-order valence-corrected chi connectivity index (χ4v) is 2.61. The number of hydrogen-bond donors (Lipinski definition) is 1. The molecule has 0 amide bonds. The highest BCUT2D eigenvalue weighted by molar-refractivity contribution is 5.82. The molecule has 0 unspecified atom stereocenters. The smallest absolute Gasteiger partial charge is 0.132 e. The van der Waals surface area contributed by atoms with Gasteiger partial charge in [0.25, 0.3) is 0 Å². The summed E-state index contributed by atoms with van der Waals surface area (Å²) in [6.07, 6.45) is 2.08. The fraction of sp³-hybridized carbons (Fsp3) is 0.438. The number of hydrogen-bond acceptors (Lipinski definition) is 3. The summed E-state index contributed by atoms with van der Waals surface area (Å²) in [6.45, 7) is 6.21. The van der Waals surface area contributed by atoms with Crippen molar-refractivity contribution < 1.29 is 0 Å². The minimum absolute atomic E-state index is 0.112. The maximum absolute atomic E-state index is 6.08. The van der Waals surface area contributed by atoms with Crippen molar-refractivity contribution in [1.82, 2.24) is 4.98 Å². The van der Waals surface area contributed by atoms with Crippen molar-refractivity contribution >= 4 is 16.7 Å². The molecule has 0 radical (unpaired) electrons. The quantitative estimate of drug-likeness (QED) is 0.917. The van der Waals surface area contributed by atoms with Gasteiger partial charge in [0, 0.05) is 24.0 Å². The van der Waals surface area contributed by atoms with Crippen LogP contribution in [0, 0.1) is 0 Å². The molecule has 1 aliphatic heterocycles. The number of anilines is 1. The van der Waals surface area contributed by atoms with Gasteiger partial charge in [0.15, 0.2) is 0 Å². The minimum Gasteiger partial charge on any atom is -0.356 e. The Labute approximate surface area is 114 Å². The topological polar surface area (TPSA) is 42.1 Å². The van der Waals surface area contributed by atoms with E-state index in [0.717, 1.165) is 37.3 Å². The summed E-state index contributed by atoms with van der Waals surface area (Å²) in [7, 11) is 0. The average molecular weight is 255 g/mol. The van der Waals surface area contributed by atoms with Crippen LogP contribution in [0.4, 0.5) is 5.82 Å². The number of nitrogens with two attached hydrogens (primary N) is 1. The molecule has 3 nitrogen and oxygen atoms in total. The summed E-state index contributed by atoms with van der Waals surface area (Å²) in [6, 6.07) is 10.6. The molecule has 3 rings (SSSR count). The van der Waals surface area contributed by atoms with Gasteiger partial charge in [-0.3, -0.25) is 0 Å². The molecule has 3 heteroatoms. The van der Waals surface area contributed by atoms with E-state index in [1.165, 1.54) is 10.9 Å². The highest BCUT2D eigenvalue weighted by Gasteiger charge is 2.22. The number of benzene rings is 1. The standard InChI is InChI=1S/C16H21N3/c1-16(2,17)8-10-19-9-7-13-11-12-5-3-4-6-14(12)18-15(13)19/h3-6,11H,7-10,17H2,1-2H3. The van der Waals surface area contributed by atoms with Crippen molar-refractivity contribution in [3.63, 3.8) is 0 Å². The molecule has 100 valence electrons. The lowest BCUT2D eigenvalue weighted by molar-refractivity contribution is 0.475. The van der Waals surface area contributed by atoms with E-state index >= 15 is 0 Å². The van der Waals surface area contributed by atoms with E-state index in [0.29, 0.717) is 0 Å². The number of nitrogens with zero attached hydrogens (tertiary/aromatic N) is 2. The summed E-state index contributed by atoms with van der Waals surface area (Å²) in [5, 5.41) is 1.24. The van der Waals surface area contributed by atoms with Crippen molar-refractivity contribution in [2.75, 3.05) is 18.0 Å². The molecule has 0 saturated heterocycles. The maximum atomic E-state index is 6.08. The van der Waals surface area contributed by atoms with Gasteiger partial charge in [0.2, 0.25) is 0 Å². The number of fused-ring (bicyclic) bond motifs is 2. The predicted octanol–water partition coefficient (Wildman–Crippen LogP) is 2.72. The maximum Gasteiger partial charge on any atom is 0.132 e. The van der Waals surface area contributed by atoms with Crippen LogP contribution >= 0.6 is 0 Å². The average Bonchev–Trinajstić information content (AvgIpc) is 2.75. The van der Waals surface area contributed by atoms with Crippen LogP contribution in [-0.2, 0) is 6.42 Å². The Morgan fingerprint density at radius 3 is 2.89 bits per heavy atom. The van der Waals surface area contributed by atoms with Gasteiger partial charge in [-0.1, -0.05) is 18.2 Å². The summed E-state index contributed by atoms with van der Waals surface area (Å²) >= 11 is 0. The first-order valence-corrected chi connectivity index (χ1v) is 6.95. The Hall–Kier alpha value is -1.61. The molecule has 0 aliphatic carbocycles. The third kappa shape index (κ3) is 2.56. The van der Waals surface area contributed by atoms with Gasteiger partial charge in [-0.25, -0.2) is 4.98 Å². The number of pyridine rings is 1. The molecular formula is C16H21N3.